The van der Waals surface area contributed by atoms with Crippen molar-refractivity contribution in [2.24, 2.45) is 4.99 Å². The largest absolute Gasteiger partial charge is 0.312 e. The van der Waals surface area contributed by atoms with Crippen molar-refractivity contribution >= 4 is 6.72 Å². The molecule has 14 heavy (non-hydrogen) atoms. The minimum Gasteiger partial charge on any atom is -0.312 e. The molecule has 0 bridgehead atoms. The summed E-state index contributed by atoms with van der Waals surface area (Å²) in [6.45, 7) is 16.8. The van der Waals surface area contributed by atoms with E-state index < -0.39 is 0 Å². The molecule has 0 rings (SSSR count). The zero-order chi connectivity index (χ0) is 11.2. The van der Waals surface area contributed by atoms with Gasteiger partial charge in [-0.15, -0.1) is 0 Å². The first-order chi connectivity index (χ1) is 6.37. The van der Waals surface area contributed by atoms with Crippen molar-refractivity contribution in [3.63, 3.8) is 0 Å². The van der Waals surface area contributed by atoms with E-state index in [1.165, 1.54) is 0 Å². The second-order valence-electron chi connectivity index (χ2n) is 4.53. The molecule has 0 saturated carbocycles. The highest BCUT2D eigenvalue weighted by Crippen LogP contribution is 2.11. The Labute approximate surface area is 87.8 Å². The summed E-state index contributed by atoms with van der Waals surface area (Å²) in [7, 11) is 0. The van der Waals surface area contributed by atoms with Crippen LogP contribution in [0.25, 0.3) is 0 Å². The lowest BCUT2D eigenvalue weighted by atomic mass is 10.1. The van der Waals surface area contributed by atoms with E-state index in [4.69, 9.17) is 0 Å². The molecule has 0 aliphatic rings. The van der Waals surface area contributed by atoms with Gasteiger partial charge in [0, 0.05) is 11.7 Å². The molecular formula is C12H22N2. The van der Waals surface area contributed by atoms with Crippen LogP contribution in [-0.4, -0.2) is 18.8 Å². The molecule has 0 heterocycles. The van der Waals surface area contributed by atoms with Crippen LogP contribution in [0.5, 0.6) is 0 Å². The van der Waals surface area contributed by atoms with E-state index in [-0.39, 0.29) is 5.54 Å². The number of hydrogen-bond donors (Lipinski definition) is 1. The smallest absolute Gasteiger partial charge is 0.0292 e. The second kappa shape index (κ2) is 5.76. The number of nitrogens with zero attached hydrogens (tertiary/aromatic N) is 1. The van der Waals surface area contributed by atoms with E-state index in [2.05, 4.69) is 44.4 Å². The van der Waals surface area contributed by atoms with Gasteiger partial charge in [0.25, 0.3) is 0 Å². The Morgan fingerprint density at radius 1 is 1.43 bits per heavy atom. The van der Waals surface area contributed by atoms with Crippen LogP contribution in [-0.2, 0) is 0 Å². The summed E-state index contributed by atoms with van der Waals surface area (Å²) >= 11 is 0. The van der Waals surface area contributed by atoms with E-state index in [1.54, 1.807) is 6.20 Å². The maximum absolute atomic E-state index is 4.00. The van der Waals surface area contributed by atoms with Crippen LogP contribution in [0.1, 0.15) is 34.1 Å². The molecule has 0 spiro atoms. The van der Waals surface area contributed by atoms with Gasteiger partial charge in [-0.2, -0.15) is 0 Å². The first-order valence-electron chi connectivity index (χ1n) is 4.92. The van der Waals surface area contributed by atoms with Gasteiger partial charge in [-0.05, 0) is 58.5 Å². The maximum Gasteiger partial charge on any atom is 0.0292 e. The molecular weight excluding hydrogens is 172 g/mol. The van der Waals surface area contributed by atoms with Gasteiger partial charge < -0.3 is 5.32 Å². The summed E-state index contributed by atoms with van der Waals surface area (Å²) < 4.78 is 0. The zero-order valence-electron chi connectivity index (χ0n) is 9.85. The Hall–Kier alpha value is -0.890. The van der Waals surface area contributed by atoms with Gasteiger partial charge in [0.15, 0.2) is 0 Å². The Morgan fingerprint density at radius 3 is 2.43 bits per heavy atom. The topological polar surface area (TPSA) is 24.4 Å². The van der Waals surface area contributed by atoms with Crippen molar-refractivity contribution in [3.8, 4) is 0 Å². The third kappa shape index (κ3) is 6.61. The minimum atomic E-state index is 0.175. The Balaban J connectivity index is 3.87. The van der Waals surface area contributed by atoms with Crippen molar-refractivity contribution in [2.75, 3.05) is 6.54 Å². The molecule has 0 aromatic rings. The summed E-state index contributed by atoms with van der Waals surface area (Å²) in [4.78, 5) is 3.72. The molecule has 0 fully saturated rings. The van der Waals surface area contributed by atoms with E-state index in [0.29, 0.717) is 0 Å². The van der Waals surface area contributed by atoms with Crippen molar-refractivity contribution in [1.82, 2.24) is 5.32 Å². The lowest BCUT2D eigenvalue weighted by Gasteiger charge is -2.20. The maximum atomic E-state index is 4.00. The third-order valence-corrected chi connectivity index (χ3v) is 1.92. The number of allylic oxidation sites excluding steroid dienone is 1. The molecule has 0 aliphatic carbocycles. The fourth-order valence-corrected chi connectivity index (χ4v) is 1.01. The van der Waals surface area contributed by atoms with Crippen LogP contribution in [0.2, 0.25) is 0 Å². The fraction of sp³-hybridized carbons (Fsp3) is 0.583. The predicted octanol–water partition coefficient (Wildman–Crippen LogP) is 2.93. The Morgan fingerprint density at radius 2 is 2.00 bits per heavy atom. The molecule has 0 unspecified atom stereocenters. The van der Waals surface area contributed by atoms with Gasteiger partial charge in [0.2, 0.25) is 0 Å². The molecule has 1 N–H and O–H groups in total. The van der Waals surface area contributed by atoms with E-state index in [9.17, 15) is 0 Å². The van der Waals surface area contributed by atoms with E-state index in [1.807, 2.05) is 6.92 Å². The van der Waals surface area contributed by atoms with Crippen LogP contribution in [0.15, 0.2) is 28.9 Å². The van der Waals surface area contributed by atoms with Crippen LogP contribution in [0.3, 0.4) is 0 Å². The van der Waals surface area contributed by atoms with Gasteiger partial charge in [0.05, 0.1) is 0 Å². The van der Waals surface area contributed by atoms with Crippen molar-refractivity contribution < 1.29 is 0 Å². The molecule has 0 aromatic carbocycles. The minimum absolute atomic E-state index is 0.175. The first-order valence-corrected chi connectivity index (χ1v) is 4.92. The molecule has 0 radical (unpaired) electrons. The monoisotopic (exact) mass is 194 g/mol. The molecule has 0 aromatic heterocycles. The van der Waals surface area contributed by atoms with Gasteiger partial charge in [-0.25, -0.2) is 0 Å². The third-order valence-electron chi connectivity index (χ3n) is 1.92. The van der Waals surface area contributed by atoms with Crippen molar-refractivity contribution in [3.05, 3.63) is 23.9 Å². The summed E-state index contributed by atoms with van der Waals surface area (Å²) in [6, 6.07) is 0. The highest BCUT2D eigenvalue weighted by Gasteiger charge is 2.07. The number of hydrogen-bond acceptors (Lipinski definition) is 2. The zero-order valence-corrected chi connectivity index (χ0v) is 9.85. The summed E-state index contributed by atoms with van der Waals surface area (Å²) in [5.74, 6) is 0. The lowest BCUT2D eigenvalue weighted by Crippen LogP contribution is -2.36. The van der Waals surface area contributed by atoms with Crippen molar-refractivity contribution in [1.29, 1.82) is 0 Å². The normalized spacial score (nSPS) is 12.7. The quantitative estimate of drug-likeness (QED) is 0.528. The van der Waals surface area contributed by atoms with Gasteiger partial charge in [0.1, 0.15) is 0 Å². The SMILES string of the molecule is C=N/C=C(/C)C(=C)CCNC(C)(C)C. The van der Waals surface area contributed by atoms with Crippen LogP contribution in [0, 0.1) is 0 Å². The number of nitrogens with one attached hydrogen (secondary N) is 1. The molecule has 80 valence electrons. The number of rotatable bonds is 5. The molecule has 0 atom stereocenters. The highest BCUT2D eigenvalue weighted by atomic mass is 14.9. The number of aliphatic imine (C=N–C) groups is 1. The Bertz CT molecular complexity index is 231. The summed E-state index contributed by atoms with van der Waals surface area (Å²) in [6.07, 6.45) is 2.70. The summed E-state index contributed by atoms with van der Waals surface area (Å²) in [5.41, 5.74) is 2.40. The predicted molar refractivity (Wildman–Crippen MR) is 64.8 cm³/mol. The molecule has 2 nitrogen and oxygen atoms in total. The van der Waals surface area contributed by atoms with Crippen molar-refractivity contribution in [2.45, 2.75) is 39.7 Å². The van der Waals surface area contributed by atoms with Gasteiger partial charge >= 0.3 is 0 Å². The molecule has 2 heteroatoms. The van der Waals surface area contributed by atoms with Crippen LogP contribution >= 0.6 is 0 Å². The second-order valence-corrected chi connectivity index (χ2v) is 4.53. The van der Waals surface area contributed by atoms with Crippen LogP contribution in [0.4, 0.5) is 0 Å². The lowest BCUT2D eigenvalue weighted by molar-refractivity contribution is 0.429. The molecule has 0 saturated heterocycles. The standard InChI is InChI=1S/C12H22N2/c1-10(11(2)9-13-6)7-8-14-12(3,4)5/h9,14H,1,6-8H2,2-5H3/b11-9-. The summed E-state index contributed by atoms with van der Waals surface area (Å²) in [5, 5.41) is 3.42. The van der Waals surface area contributed by atoms with Gasteiger partial charge in [-0.3, -0.25) is 4.99 Å². The highest BCUT2D eigenvalue weighted by molar-refractivity contribution is 5.31. The Kier molecular flexibility index (Phi) is 5.39. The van der Waals surface area contributed by atoms with Gasteiger partial charge in [-0.1, -0.05) is 6.58 Å². The first kappa shape index (κ1) is 13.1. The van der Waals surface area contributed by atoms with E-state index in [0.717, 1.165) is 24.1 Å². The molecule has 0 aliphatic heterocycles. The molecule has 0 amide bonds. The fourth-order valence-electron chi connectivity index (χ4n) is 1.01. The average Bonchev–Trinajstić information content (AvgIpc) is 2.02. The van der Waals surface area contributed by atoms with E-state index >= 15 is 0 Å². The van der Waals surface area contributed by atoms with Crippen LogP contribution < -0.4 is 5.32 Å². The average molecular weight is 194 g/mol.